The number of halogens is 4. The van der Waals surface area contributed by atoms with Crippen molar-refractivity contribution in [2.75, 3.05) is 25.6 Å². The van der Waals surface area contributed by atoms with Gasteiger partial charge in [-0.2, -0.15) is 4.98 Å². The highest BCUT2D eigenvalue weighted by Gasteiger charge is 2.32. The first-order chi connectivity index (χ1) is 16.5. The summed E-state index contributed by atoms with van der Waals surface area (Å²) in [5, 5.41) is 0.493. The van der Waals surface area contributed by atoms with Gasteiger partial charge in [0.05, 0.1) is 20.2 Å². The van der Waals surface area contributed by atoms with Crippen LogP contribution in [-0.2, 0) is 16.1 Å². The molecule has 186 valence electrons. The fourth-order valence-corrected chi connectivity index (χ4v) is 3.26. The molecule has 2 aromatic carbocycles. The smallest absolute Gasteiger partial charge is 0.464 e. The molecule has 0 aliphatic heterocycles. The maximum Gasteiger partial charge on any atom is 0.573 e. The van der Waals surface area contributed by atoms with Gasteiger partial charge in [-0.25, -0.2) is 4.79 Å². The number of amides is 1. The number of likely N-dealkylation sites (N-methyl/N-ethyl adjacent to an activating group) is 1. The molecule has 0 radical (unpaired) electrons. The monoisotopic (exact) mass is 512 g/mol. The average Bonchev–Trinajstić information content (AvgIpc) is 3.11. The summed E-state index contributed by atoms with van der Waals surface area (Å²) in [5.74, 6) is -2.01. The number of methoxy groups -OCH3 is 1. The zero-order valence-electron chi connectivity index (χ0n) is 18.5. The van der Waals surface area contributed by atoms with E-state index in [1.165, 1.54) is 28.6 Å². The van der Waals surface area contributed by atoms with Gasteiger partial charge in [0.2, 0.25) is 5.91 Å². The SMILES string of the molecule is COC(=O)c1c(N(C)CC(N)=O)nc(Oc2cccc(OC(F)(F)F)c2)n1Cc1ccc(Cl)cc1. The number of hydrogen-bond acceptors (Lipinski definition) is 7. The molecular formula is C22H20ClF3N4O5. The van der Waals surface area contributed by atoms with Crippen LogP contribution in [0.2, 0.25) is 5.02 Å². The Balaban J connectivity index is 2.10. The summed E-state index contributed by atoms with van der Waals surface area (Å²) in [4.78, 5) is 29.8. The number of aromatic nitrogens is 2. The summed E-state index contributed by atoms with van der Waals surface area (Å²) < 4.78 is 53.8. The predicted molar refractivity (Wildman–Crippen MR) is 120 cm³/mol. The first-order valence-corrected chi connectivity index (χ1v) is 10.3. The van der Waals surface area contributed by atoms with Crippen LogP contribution in [-0.4, -0.2) is 48.5 Å². The second-order valence-electron chi connectivity index (χ2n) is 7.22. The number of hydrogen-bond donors (Lipinski definition) is 1. The summed E-state index contributed by atoms with van der Waals surface area (Å²) in [6.07, 6.45) is -4.89. The second kappa shape index (κ2) is 10.6. The third-order valence-corrected chi connectivity index (χ3v) is 4.80. The number of ether oxygens (including phenoxy) is 3. The maximum atomic E-state index is 12.7. The Morgan fingerprint density at radius 2 is 1.80 bits per heavy atom. The van der Waals surface area contributed by atoms with Gasteiger partial charge >= 0.3 is 18.3 Å². The molecular weight excluding hydrogens is 493 g/mol. The van der Waals surface area contributed by atoms with Crippen molar-refractivity contribution in [2.45, 2.75) is 12.9 Å². The third-order valence-electron chi connectivity index (χ3n) is 4.55. The first kappa shape index (κ1) is 25.7. The Labute approximate surface area is 202 Å². The lowest BCUT2D eigenvalue weighted by Crippen LogP contribution is -2.32. The van der Waals surface area contributed by atoms with Crippen molar-refractivity contribution in [1.82, 2.24) is 9.55 Å². The molecule has 0 atom stereocenters. The molecule has 3 aromatic rings. The van der Waals surface area contributed by atoms with E-state index in [2.05, 4.69) is 9.72 Å². The molecule has 0 unspecified atom stereocenters. The Bertz CT molecular complexity index is 1210. The molecule has 35 heavy (non-hydrogen) atoms. The summed E-state index contributed by atoms with van der Waals surface area (Å²) >= 11 is 5.95. The number of nitrogens with zero attached hydrogens (tertiary/aromatic N) is 3. The second-order valence-corrected chi connectivity index (χ2v) is 7.65. The van der Waals surface area contributed by atoms with Gasteiger partial charge in [0, 0.05) is 18.1 Å². The van der Waals surface area contributed by atoms with Crippen molar-refractivity contribution < 1.29 is 37.0 Å². The lowest BCUT2D eigenvalue weighted by Gasteiger charge is -2.16. The van der Waals surface area contributed by atoms with Crippen molar-refractivity contribution in [3.05, 3.63) is 64.8 Å². The molecule has 0 saturated heterocycles. The first-order valence-electron chi connectivity index (χ1n) is 9.93. The minimum atomic E-state index is -4.89. The van der Waals surface area contributed by atoms with Crippen LogP contribution in [0.1, 0.15) is 16.1 Å². The number of esters is 1. The molecule has 1 amide bonds. The van der Waals surface area contributed by atoms with Gasteiger partial charge in [-0.15, -0.1) is 13.2 Å². The topological polar surface area (TPSA) is 109 Å². The Hall–Kier alpha value is -3.93. The van der Waals surface area contributed by atoms with E-state index in [0.29, 0.717) is 10.6 Å². The maximum absolute atomic E-state index is 12.7. The molecule has 0 aliphatic carbocycles. The number of carbonyl (C=O) groups is 2. The predicted octanol–water partition coefficient (Wildman–Crippen LogP) is 3.98. The lowest BCUT2D eigenvalue weighted by atomic mass is 10.2. The number of alkyl halides is 3. The van der Waals surface area contributed by atoms with Crippen LogP contribution in [0.4, 0.5) is 19.0 Å². The number of anilines is 1. The van der Waals surface area contributed by atoms with Gasteiger partial charge in [-0.1, -0.05) is 29.8 Å². The minimum absolute atomic E-state index is 0.0160. The van der Waals surface area contributed by atoms with E-state index in [9.17, 15) is 22.8 Å². The summed E-state index contributed by atoms with van der Waals surface area (Å²) in [7, 11) is 2.64. The van der Waals surface area contributed by atoms with Crippen LogP contribution in [0.5, 0.6) is 17.5 Å². The zero-order valence-corrected chi connectivity index (χ0v) is 19.3. The Kier molecular flexibility index (Phi) is 7.75. The van der Waals surface area contributed by atoms with E-state index in [1.54, 1.807) is 24.3 Å². The van der Waals surface area contributed by atoms with Crippen LogP contribution in [0, 0.1) is 0 Å². The Morgan fingerprint density at radius 3 is 2.40 bits per heavy atom. The number of primary amides is 1. The number of benzene rings is 2. The molecule has 0 aliphatic rings. The molecule has 3 rings (SSSR count). The van der Waals surface area contributed by atoms with Crippen molar-refractivity contribution in [2.24, 2.45) is 5.73 Å². The van der Waals surface area contributed by atoms with Gasteiger partial charge in [0.25, 0.3) is 0 Å². The standard InChI is InChI=1S/C22H20ClF3N4O5/c1-29(12-17(27)31)19-18(20(32)33-2)30(11-13-6-8-14(23)9-7-13)21(28-19)34-15-4-3-5-16(10-15)35-22(24,25)26/h3-10H,11-12H2,1-2H3,(H2,27,31). The fourth-order valence-electron chi connectivity index (χ4n) is 3.13. The molecule has 2 N–H and O–H groups in total. The molecule has 0 spiro atoms. The fraction of sp³-hybridized carbons (Fsp3) is 0.227. The normalized spacial score (nSPS) is 11.1. The largest absolute Gasteiger partial charge is 0.573 e. The van der Waals surface area contributed by atoms with Crippen molar-refractivity contribution in [3.8, 4) is 17.5 Å². The van der Waals surface area contributed by atoms with Gasteiger partial charge in [-0.3, -0.25) is 9.36 Å². The molecule has 1 aromatic heterocycles. The summed E-state index contributed by atoms with van der Waals surface area (Å²) in [6, 6.07) is 11.3. The van der Waals surface area contributed by atoms with Crippen LogP contribution >= 0.6 is 11.6 Å². The van der Waals surface area contributed by atoms with E-state index < -0.39 is 24.0 Å². The lowest BCUT2D eigenvalue weighted by molar-refractivity contribution is -0.274. The summed E-state index contributed by atoms with van der Waals surface area (Å²) in [5.41, 5.74) is 5.91. The van der Waals surface area contributed by atoms with E-state index in [4.69, 9.17) is 26.8 Å². The van der Waals surface area contributed by atoms with Crippen molar-refractivity contribution in [1.29, 1.82) is 0 Å². The number of nitrogens with two attached hydrogens (primary N) is 1. The van der Waals surface area contributed by atoms with Crippen LogP contribution in [0.25, 0.3) is 0 Å². The highest BCUT2D eigenvalue weighted by atomic mass is 35.5. The van der Waals surface area contributed by atoms with Gasteiger partial charge in [-0.05, 0) is 29.8 Å². The van der Waals surface area contributed by atoms with E-state index >= 15 is 0 Å². The van der Waals surface area contributed by atoms with E-state index in [-0.39, 0.29) is 36.4 Å². The Morgan fingerprint density at radius 1 is 1.14 bits per heavy atom. The van der Waals surface area contributed by atoms with Gasteiger partial charge < -0.3 is 24.8 Å². The van der Waals surface area contributed by atoms with Gasteiger partial charge in [0.1, 0.15) is 11.5 Å². The molecule has 9 nitrogen and oxygen atoms in total. The highest BCUT2D eigenvalue weighted by Crippen LogP contribution is 2.33. The highest BCUT2D eigenvalue weighted by molar-refractivity contribution is 6.30. The minimum Gasteiger partial charge on any atom is -0.464 e. The molecule has 1 heterocycles. The number of imidazole rings is 1. The zero-order chi connectivity index (χ0) is 25.8. The molecule has 0 saturated carbocycles. The van der Waals surface area contributed by atoms with E-state index in [1.807, 2.05) is 0 Å². The summed E-state index contributed by atoms with van der Waals surface area (Å²) in [6.45, 7) is -0.233. The van der Waals surface area contributed by atoms with Crippen LogP contribution in [0.15, 0.2) is 48.5 Å². The van der Waals surface area contributed by atoms with Gasteiger partial charge in [0.15, 0.2) is 11.5 Å². The van der Waals surface area contributed by atoms with E-state index in [0.717, 1.165) is 19.2 Å². The molecule has 0 fully saturated rings. The average molecular weight is 513 g/mol. The third kappa shape index (κ3) is 6.79. The van der Waals surface area contributed by atoms with Crippen molar-refractivity contribution in [3.63, 3.8) is 0 Å². The quantitative estimate of drug-likeness (QED) is 0.432. The van der Waals surface area contributed by atoms with Crippen molar-refractivity contribution >= 4 is 29.3 Å². The number of carbonyl (C=O) groups excluding carboxylic acids is 2. The number of rotatable bonds is 9. The van der Waals surface area contributed by atoms with Crippen LogP contribution in [0.3, 0.4) is 0 Å². The van der Waals surface area contributed by atoms with Crippen LogP contribution < -0.4 is 20.1 Å². The molecule has 13 heteroatoms. The molecule has 0 bridgehead atoms.